The van der Waals surface area contributed by atoms with E-state index in [9.17, 15) is 9.59 Å². The third-order valence-electron chi connectivity index (χ3n) is 2.14. The van der Waals surface area contributed by atoms with Gasteiger partial charge in [0.15, 0.2) is 4.87 Å². The van der Waals surface area contributed by atoms with Crippen molar-refractivity contribution in [3.8, 4) is 0 Å². The van der Waals surface area contributed by atoms with Crippen molar-refractivity contribution in [1.82, 2.24) is 0 Å². The number of alkyl halides is 1. The maximum Gasteiger partial charge on any atom is 0.325 e. The molecule has 0 aliphatic heterocycles. The Labute approximate surface area is 110 Å². The highest BCUT2D eigenvalue weighted by atomic mass is 35.5. The van der Waals surface area contributed by atoms with Gasteiger partial charge in [-0.3, -0.25) is 9.59 Å². The van der Waals surface area contributed by atoms with Crippen molar-refractivity contribution in [1.29, 1.82) is 0 Å². The Kier molecular flexibility index (Phi) is 5.99. The highest BCUT2D eigenvalue weighted by Gasteiger charge is 2.38. The number of aliphatic carboxylic acids is 2. The molecule has 0 bridgehead atoms. The average Bonchev–Trinajstić information content (AvgIpc) is 2.17. The maximum atomic E-state index is 11.0. The Bertz CT molecular complexity index is 394. The number of carboxylic acid groups (broad SMARTS) is 2. The van der Waals surface area contributed by atoms with Crippen LogP contribution in [-0.2, 0) is 16.0 Å². The molecule has 4 nitrogen and oxygen atoms in total. The third-order valence-corrected chi connectivity index (χ3v) is 2.57. The molecule has 0 saturated heterocycles. The molecule has 1 aromatic carbocycles. The van der Waals surface area contributed by atoms with Crippen LogP contribution in [0.4, 0.5) is 0 Å². The van der Waals surface area contributed by atoms with Crippen LogP contribution < -0.4 is 0 Å². The molecular weight excluding hydrogens is 267 g/mol. The lowest BCUT2D eigenvalue weighted by Gasteiger charge is -2.20. The van der Waals surface area contributed by atoms with Gasteiger partial charge >= 0.3 is 11.9 Å². The first-order valence-electron chi connectivity index (χ1n) is 4.62. The van der Waals surface area contributed by atoms with E-state index >= 15 is 0 Å². The van der Waals surface area contributed by atoms with Gasteiger partial charge in [-0.15, -0.1) is 24.0 Å². The van der Waals surface area contributed by atoms with Crippen molar-refractivity contribution in [2.45, 2.75) is 17.7 Å². The van der Waals surface area contributed by atoms with Gasteiger partial charge in [-0.1, -0.05) is 30.3 Å². The predicted molar refractivity (Wildman–Crippen MR) is 65.9 cm³/mol. The zero-order chi connectivity index (χ0) is 12.2. The first-order chi connectivity index (χ1) is 7.44. The molecule has 2 N–H and O–H groups in total. The Hall–Kier alpha value is -1.26. The lowest BCUT2D eigenvalue weighted by molar-refractivity contribution is -0.146. The van der Waals surface area contributed by atoms with E-state index in [-0.39, 0.29) is 18.8 Å². The van der Waals surface area contributed by atoms with Crippen molar-refractivity contribution >= 4 is 35.9 Å². The summed E-state index contributed by atoms with van der Waals surface area (Å²) in [4.78, 5) is 19.7. The number of rotatable bonds is 5. The van der Waals surface area contributed by atoms with E-state index in [0.29, 0.717) is 5.56 Å². The highest BCUT2D eigenvalue weighted by Crippen LogP contribution is 2.25. The molecule has 0 fully saturated rings. The molecule has 0 aliphatic carbocycles. The lowest BCUT2D eigenvalue weighted by Crippen LogP contribution is -2.37. The van der Waals surface area contributed by atoms with E-state index < -0.39 is 23.2 Å². The van der Waals surface area contributed by atoms with Crippen molar-refractivity contribution in [3.63, 3.8) is 0 Å². The van der Waals surface area contributed by atoms with Crippen molar-refractivity contribution in [2.75, 3.05) is 0 Å². The minimum Gasteiger partial charge on any atom is -0.481 e. The molecule has 0 radical (unpaired) electrons. The molecule has 0 amide bonds. The van der Waals surface area contributed by atoms with Crippen LogP contribution in [0.5, 0.6) is 0 Å². The predicted octanol–water partition coefficient (Wildman–Crippen LogP) is 2.19. The van der Waals surface area contributed by atoms with E-state index in [2.05, 4.69) is 0 Å². The molecule has 0 heterocycles. The minimum absolute atomic E-state index is 0. The van der Waals surface area contributed by atoms with Crippen LogP contribution in [-0.4, -0.2) is 27.0 Å². The molecule has 1 unspecified atom stereocenters. The first-order valence-corrected chi connectivity index (χ1v) is 5.00. The van der Waals surface area contributed by atoms with Gasteiger partial charge in [0.05, 0.1) is 6.42 Å². The summed E-state index contributed by atoms with van der Waals surface area (Å²) in [5, 5.41) is 17.6. The molecule has 0 aromatic heterocycles. The number of hydrogen-bond acceptors (Lipinski definition) is 2. The number of hydrogen-bond donors (Lipinski definition) is 2. The van der Waals surface area contributed by atoms with Crippen LogP contribution in [0.3, 0.4) is 0 Å². The Morgan fingerprint density at radius 1 is 1.18 bits per heavy atom. The zero-order valence-electron chi connectivity index (χ0n) is 8.80. The number of carboxylic acids is 2. The summed E-state index contributed by atoms with van der Waals surface area (Å²) in [6.07, 6.45) is -0.629. The van der Waals surface area contributed by atoms with E-state index in [1.165, 1.54) is 0 Å². The fraction of sp³-hybridized carbons (Fsp3) is 0.273. The third kappa shape index (κ3) is 4.63. The summed E-state index contributed by atoms with van der Waals surface area (Å²) < 4.78 is 0. The minimum atomic E-state index is -1.78. The molecular formula is C11H12Cl2O4. The van der Waals surface area contributed by atoms with Crippen LogP contribution >= 0.6 is 24.0 Å². The van der Waals surface area contributed by atoms with Gasteiger partial charge in [0.1, 0.15) is 0 Å². The van der Waals surface area contributed by atoms with Crippen LogP contribution in [0.25, 0.3) is 0 Å². The molecule has 0 spiro atoms. The van der Waals surface area contributed by atoms with E-state index in [0.717, 1.165) is 0 Å². The standard InChI is InChI=1S/C11H11ClO4.ClH/c12-11(10(15)16,7-9(13)14)6-8-4-2-1-3-5-8;/h1-5H,6-7H2,(H,13,14)(H,15,16);1H. The number of halogens is 2. The Morgan fingerprint density at radius 3 is 2.12 bits per heavy atom. The Morgan fingerprint density at radius 2 is 1.71 bits per heavy atom. The fourth-order valence-corrected chi connectivity index (χ4v) is 1.64. The summed E-state index contributed by atoms with van der Waals surface area (Å²) in [5.41, 5.74) is 0.696. The summed E-state index contributed by atoms with van der Waals surface area (Å²) >= 11 is 5.82. The second kappa shape index (κ2) is 6.47. The molecule has 17 heavy (non-hydrogen) atoms. The van der Waals surface area contributed by atoms with Gasteiger partial charge in [0.25, 0.3) is 0 Å². The van der Waals surface area contributed by atoms with Gasteiger partial charge in [0, 0.05) is 6.42 Å². The second-order valence-electron chi connectivity index (χ2n) is 3.50. The SMILES string of the molecule is Cl.O=C(O)CC(Cl)(Cc1ccccc1)C(=O)O. The number of benzene rings is 1. The lowest BCUT2D eigenvalue weighted by atomic mass is 9.95. The topological polar surface area (TPSA) is 74.6 Å². The van der Waals surface area contributed by atoms with E-state index in [1.807, 2.05) is 0 Å². The van der Waals surface area contributed by atoms with Crippen LogP contribution in [0.1, 0.15) is 12.0 Å². The zero-order valence-corrected chi connectivity index (χ0v) is 10.4. The van der Waals surface area contributed by atoms with Crippen molar-refractivity contribution in [3.05, 3.63) is 35.9 Å². The highest BCUT2D eigenvalue weighted by molar-refractivity contribution is 6.34. The summed E-state index contributed by atoms with van der Waals surface area (Å²) in [7, 11) is 0. The molecule has 6 heteroatoms. The molecule has 1 aromatic rings. The molecule has 0 aliphatic rings. The largest absolute Gasteiger partial charge is 0.481 e. The average molecular weight is 279 g/mol. The quantitative estimate of drug-likeness (QED) is 0.810. The monoisotopic (exact) mass is 278 g/mol. The molecule has 94 valence electrons. The summed E-state index contributed by atoms with van der Waals surface area (Å²) in [5.74, 6) is -2.55. The second-order valence-corrected chi connectivity index (χ2v) is 4.23. The molecule has 1 atom stereocenters. The number of carbonyl (C=O) groups is 2. The van der Waals surface area contributed by atoms with Gasteiger partial charge in [-0.05, 0) is 5.56 Å². The van der Waals surface area contributed by atoms with Crippen molar-refractivity contribution < 1.29 is 19.8 Å². The van der Waals surface area contributed by atoms with E-state index in [1.54, 1.807) is 30.3 Å². The summed E-state index contributed by atoms with van der Waals surface area (Å²) in [6.45, 7) is 0. The van der Waals surface area contributed by atoms with Crippen LogP contribution in [0.15, 0.2) is 30.3 Å². The normalized spacial score (nSPS) is 13.2. The maximum absolute atomic E-state index is 11.0. The summed E-state index contributed by atoms with van der Waals surface area (Å²) in [6, 6.07) is 8.70. The van der Waals surface area contributed by atoms with Crippen LogP contribution in [0, 0.1) is 0 Å². The fourth-order valence-electron chi connectivity index (χ4n) is 1.37. The first kappa shape index (κ1) is 15.7. The van der Waals surface area contributed by atoms with Gasteiger partial charge in [-0.25, -0.2) is 0 Å². The van der Waals surface area contributed by atoms with Crippen molar-refractivity contribution in [2.24, 2.45) is 0 Å². The Balaban J connectivity index is 0.00000256. The van der Waals surface area contributed by atoms with Gasteiger partial charge < -0.3 is 10.2 Å². The van der Waals surface area contributed by atoms with Gasteiger partial charge in [-0.2, -0.15) is 0 Å². The van der Waals surface area contributed by atoms with Gasteiger partial charge in [0.2, 0.25) is 0 Å². The molecule has 0 saturated carbocycles. The molecule has 1 rings (SSSR count). The van der Waals surface area contributed by atoms with Crippen LogP contribution in [0.2, 0.25) is 0 Å². The smallest absolute Gasteiger partial charge is 0.325 e. The van der Waals surface area contributed by atoms with E-state index in [4.69, 9.17) is 21.8 Å².